The molecule has 0 aliphatic carbocycles. The van der Waals surface area contributed by atoms with Crippen LogP contribution in [0.4, 0.5) is 0 Å². The zero-order chi connectivity index (χ0) is 15.2. The van der Waals surface area contributed by atoms with E-state index in [2.05, 4.69) is 24.1 Å². The summed E-state index contributed by atoms with van der Waals surface area (Å²) in [5.74, 6) is 1.80. The van der Waals surface area contributed by atoms with Crippen LogP contribution in [0.5, 0.6) is 11.6 Å². The van der Waals surface area contributed by atoms with Crippen molar-refractivity contribution in [2.75, 3.05) is 6.54 Å². The van der Waals surface area contributed by atoms with Crippen molar-refractivity contribution in [1.82, 2.24) is 10.3 Å². The molecule has 2 rings (SSSR count). The number of halogens is 1. The summed E-state index contributed by atoms with van der Waals surface area (Å²) in [6.45, 7) is 8.12. The van der Waals surface area contributed by atoms with Crippen molar-refractivity contribution in [3.8, 4) is 11.6 Å². The van der Waals surface area contributed by atoms with Gasteiger partial charge in [-0.1, -0.05) is 43.1 Å². The number of benzene rings is 1. The third kappa shape index (κ3) is 5.03. The van der Waals surface area contributed by atoms with Gasteiger partial charge in [-0.3, -0.25) is 0 Å². The summed E-state index contributed by atoms with van der Waals surface area (Å²) in [5.41, 5.74) is 2.24. The van der Waals surface area contributed by atoms with E-state index in [0.717, 1.165) is 24.4 Å². The van der Waals surface area contributed by atoms with Crippen LogP contribution in [0.2, 0.25) is 5.02 Å². The minimum atomic E-state index is 0.438. The van der Waals surface area contributed by atoms with E-state index in [9.17, 15) is 0 Å². The molecule has 0 aliphatic heterocycles. The highest BCUT2D eigenvalue weighted by molar-refractivity contribution is 6.31. The number of nitrogens with one attached hydrogen (secondary N) is 1. The molecule has 1 aromatic heterocycles. The number of rotatable bonds is 6. The first kappa shape index (κ1) is 15.8. The van der Waals surface area contributed by atoms with Crippen LogP contribution in [0.1, 0.15) is 25.0 Å². The molecule has 4 heteroatoms. The van der Waals surface area contributed by atoms with E-state index < -0.39 is 0 Å². The van der Waals surface area contributed by atoms with Gasteiger partial charge in [-0.05, 0) is 43.1 Å². The first-order valence-electron chi connectivity index (χ1n) is 7.14. The molecular formula is C17H21ClN2O. The lowest BCUT2D eigenvalue weighted by molar-refractivity contribution is 0.462. The molecule has 3 nitrogen and oxygen atoms in total. The second kappa shape index (κ2) is 7.43. The van der Waals surface area contributed by atoms with E-state index in [4.69, 9.17) is 16.3 Å². The summed E-state index contributed by atoms with van der Waals surface area (Å²) in [6.07, 6.45) is 1.79. The summed E-state index contributed by atoms with van der Waals surface area (Å²) < 4.78 is 5.70. The largest absolute Gasteiger partial charge is 0.438 e. The summed E-state index contributed by atoms with van der Waals surface area (Å²) in [5, 5.41) is 3.89. The maximum Gasteiger partial charge on any atom is 0.238 e. The predicted octanol–water partition coefficient (Wildman–Crippen LogP) is 4.58. The summed E-state index contributed by atoms with van der Waals surface area (Å²) >= 11 is 6.24. The number of aryl methyl sites for hydroxylation is 1. The molecule has 0 bridgehead atoms. The van der Waals surface area contributed by atoms with Gasteiger partial charge in [-0.25, -0.2) is 4.98 Å². The third-order valence-electron chi connectivity index (χ3n) is 2.98. The van der Waals surface area contributed by atoms with E-state index in [1.165, 1.54) is 5.56 Å². The van der Waals surface area contributed by atoms with Crippen LogP contribution in [0.3, 0.4) is 0 Å². The number of nitrogens with zero attached hydrogens (tertiary/aromatic N) is 1. The molecule has 0 fully saturated rings. The van der Waals surface area contributed by atoms with Crippen LogP contribution in [0.25, 0.3) is 0 Å². The first-order valence-corrected chi connectivity index (χ1v) is 7.52. The molecule has 0 spiro atoms. The zero-order valence-corrected chi connectivity index (χ0v) is 13.4. The highest BCUT2D eigenvalue weighted by Crippen LogP contribution is 2.27. The first-order chi connectivity index (χ1) is 10.0. The van der Waals surface area contributed by atoms with Gasteiger partial charge in [0, 0.05) is 12.7 Å². The highest BCUT2D eigenvalue weighted by atomic mass is 35.5. The second-order valence-electron chi connectivity index (χ2n) is 5.57. The average molecular weight is 305 g/mol. The van der Waals surface area contributed by atoms with Gasteiger partial charge < -0.3 is 10.1 Å². The Kier molecular flexibility index (Phi) is 5.59. The van der Waals surface area contributed by atoms with Gasteiger partial charge in [0.15, 0.2) is 0 Å². The standard InChI is InChI=1S/C17H21ClN2O/c1-12(2)9-19-10-14-8-16(18)17(20-11-14)21-15-6-4-13(3)5-7-15/h4-8,11-12,19H,9-10H2,1-3H3. The maximum absolute atomic E-state index is 6.24. The monoisotopic (exact) mass is 304 g/mol. The van der Waals surface area contributed by atoms with Gasteiger partial charge >= 0.3 is 0 Å². The zero-order valence-electron chi connectivity index (χ0n) is 12.7. The van der Waals surface area contributed by atoms with Crippen molar-refractivity contribution in [2.45, 2.75) is 27.3 Å². The van der Waals surface area contributed by atoms with Gasteiger partial charge in [0.2, 0.25) is 5.88 Å². The number of hydrogen-bond donors (Lipinski definition) is 1. The Morgan fingerprint density at radius 1 is 1.24 bits per heavy atom. The van der Waals surface area contributed by atoms with Gasteiger partial charge in [0.05, 0.1) is 0 Å². The second-order valence-corrected chi connectivity index (χ2v) is 5.98. The Morgan fingerprint density at radius 2 is 1.95 bits per heavy atom. The fourth-order valence-corrected chi connectivity index (χ4v) is 2.09. The molecule has 1 heterocycles. The van der Waals surface area contributed by atoms with Crippen molar-refractivity contribution in [2.24, 2.45) is 5.92 Å². The van der Waals surface area contributed by atoms with Gasteiger partial charge in [0.1, 0.15) is 10.8 Å². The molecule has 0 atom stereocenters. The van der Waals surface area contributed by atoms with Gasteiger partial charge in [0.25, 0.3) is 0 Å². The Balaban J connectivity index is 2.00. The quantitative estimate of drug-likeness (QED) is 0.848. The van der Waals surface area contributed by atoms with Crippen LogP contribution in [0, 0.1) is 12.8 Å². The molecule has 2 aromatic rings. The molecule has 1 aromatic carbocycles. The number of pyridine rings is 1. The lowest BCUT2D eigenvalue weighted by Crippen LogP contribution is -2.19. The van der Waals surface area contributed by atoms with E-state index in [0.29, 0.717) is 16.8 Å². The molecule has 1 N–H and O–H groups in total. The SMILES string of the molecule is Cc1ccc(Oc2ncc(CNCC(C)C)cc2Cl)cc1. The molecule has 0 amide bonds. The normalized spacial score (nSPS) is 10.9. The summed E-state index contributed by atoms with van der Waals surface area (Å²) in [7, 11) is 0. The van der Waals surface area contributed by atoms with Crippen LogP contribution >= 0.6 is 11.6 Å². The lowest BCUT2D eigenvalue weighted by atomic mass is 10.2. The van der Waals surface area contributed by atoms with Crippen LogP contribution < -0.4 is 10.1 Å². The summed E-state index contributed by atoms with van der Waals surface area (Å²) in [4.78, 5) is 4.30. The maximum atomic E-state index is 6.24. The van der Waals surface area contributed by atoms with Gasteiger partial charge in [-0.15, -0.1) is 0 Å². The molecule has 21 heavy (non-hydrogen) atoms. The van der Waals surface area contributed by atoms with Crippen molar-refractivity contribution in [3.63, 3.8) is 0 Å². The Labute approximate surface area is 131 Å². The number of ether oxygens (including phenoxy) is 1. The van der Waals surface area contributed by atoms with E-state index in [1.807, 2.05) is 37.3 Å². The molecular weight excluding hydrogens is 284 g/mol. The predicted molar refractivity (Wildman–Crippen MR) is 87.0 cm³/mol. The van der Waals surface area contributed by atoms with Crippen LogP contribution in [-0.2, 0) is 6.54 Å². The van der Waals surface area contributed by atoms with Crippen molar-refractivity contribution in [3.05, 3.63) is 52.7 Å². The fourth-order valence-electron chi connectivity index (χ4n) is 1.86. The molecule has 0 aliphatic rings. The van der Waals surface area contributed by atoms with Crippen LogP contribution in [-0.4, -0.2) is 11.5 Å². The van der Waals surface area contributed by atoms with Crippen molar-refractivity contribution >= 4 is 11.6 Å². The van der Waals surface area contributed by atoms with Crippen LogP contribution in [0.15, 0.2) is 36.5 Å². The Morgan fingerprint density at radius 3 is 2.57 bits per heavy atom. The molecule has 0 radical (unpaired) electrons. The van der Waals surface area contributed by atoms with E-state index >= 15 is 0 Å². The smallest absolute Gasteiger partial charge is 0.238 e. The highest BCUT2D eigenvalue weighted by Gasteiger charge is 2.06. The van der Waals surface area contributed by atoms with Crippen molar-refractivity contribution in [1.29, 1.82) is 0 Å². The summed E-state index contributed by atoms with van der Waals surface area (Å²) in [6, 6.07) is 9.70. The van der Waals surface area contributed by atoms with Gasteiger partial charge in [-0.2, -0.15) is 0 Å². The minimum absolute atomic E-state index is 0.438. The van der Waals surface area contributed by atoms with Crippen molar-refractivity contribution < 1.29 is 4.74 Å². The van der Waals surface area contributed by atoms with E-state index in [-0.39, 0.29) is 0 Å². The Hall–Kier alpha value is -1.58. The third-order valence-corrected chi connectivity index (χ3v) is 3.25. The molecule has 112 valence electrons. The van der Waals surface area contributed by atoms with E-state index in [1.54, 1.807) is 6.20 Å². The number of aromatic nitrogens is 1. The Bertz CT molecular complexity index is 582. The topological polar surface area (TPSA) is 34.1 Å². The fraction of sp³-hybridized carbons (Fsp3) is 0.353. The molecule has 0 saturated heterocycles. The number of hydrogen-bond acceptors (Lipinski definition) is 3. The lowest BCUT2D eigenvalue weighted by Gasteiger charge is -2.10. The average Bonchev–Trinajstić information content (AvgIpc) is 2.44. The minimum Gasteiger partial charge on any atom is -0.438 e. The molecule has 0 unspecified atom stereocenters. The molecule has 0 saturated carbocycles.